The summed E-state index contributed by atoms with van der Waals surface area (Å²) in [4.78, 5) is 5.31. The summed E-state index contributed by atoms with van der Waals surface area (Å²) in [6.07, 6.45) is 4.12. The van der Waals surface area contributed by atoms with E-state index in [0.717, 1.165) is 11.7 Å². The van der Waals surface area contributed by atoms with Gasteiger partial charge >= 0.3 is 0 Å². The minimum absolute atomic E-state index is 0.508. The molecule has 2 saturated heterocycles. The smallest absolute Gasteiger partial charge is 0.0320 e. The minimum Gasteiger partial charge on any atom is -0.399 e. The number of benzene rings is 1. The van der Waals surface area contributed by atoms with Crippen molar-refractivity contribution in [1.29, 1.82) is 0 Å². The lowest BCUT2D eigenvalue weighted by Gasteiger charge is -2.27. The van der Waals surface area contributed by atoms with Crippen LogP contribution in [-0.2, 0) is 0 Å². The highest BCUT2D eigenvalue weighted by Gasteiger charge is 2.31. The zero-order chi connectivity index (χ0) is 13.2. The van der Waals surface area contributed by atoms with Gasteiger partial charge < -0.3 is 5.73 Å². The summed E-state index contributed by atoms with van der Waals surface area (Å²) < 4.78 is 0. The van der Waals surface area contributed by atoms with E-state index in [1.54, 1.807) is 0 Å². The largest absolute Gasteiger partial charge is 0.399 e. The van der Waals surface area contributed by atoms with Crippen molar-refractivity contribution in [3.8, 4) is 0 Å². The molecule has 19 heavy (non-hydrogen) atoms. The second-order valence-electron chi connectivity index (χ2n) is 6.02. The Morgan fingerprint density at radius 2 is 1.79 bits per heavy atom. The van der Waals surface area contributed by atoms with E-state index in [9.17, 15) is 0 Å². The zero-order valence-electron chi connectivity index (χ0n) is 11.9. The monoisotopic (exact) mass is 259 g/mol. The Bertz CT molecular complexity index is 409. The van der Waals surface area contributed by atoms with Crippen LogP contribution >= 0.6 is 0 Å². The van der Waals surface area contributed by atoms with Gasteiger partial charge in [-0.2, -0.15) is 0 Å². The van der Waals surface area contributed by atoms with Crippen LogP contribution in [0.25, 0.3) is 0 Å². The van der Waals surface area contributed by atoms with Crippen LogP contribution in [0.2, 0.25) is 0 Å². The summed E-state index contributed by atoms with van der Waals surface area (Å²) in [6.45, 7) is 7.40. The predicted molar refractivity (Wildman–Crippen MR) is 80.1 cm³/mol. The van der Waals surface area contributed by atoms with Crippen LogP contribution in [0.4, 0.5) is 5.69 Å². The van der Waals surface area contributed by atoms with Gasteiger partial charge in [0.25, 0.3) is 0 Å². The second kappa shape index (κ2) is 5.51. The molecule has 104 valence electrons. The molecule has 2 N–H and O–H groups in total. The fraction of sp³-hybridized carbons (Fsp3) is 0.625. The summed E-state index contributed by atoms with van der Waals surface area (Å²) in [6, 6.07) is 9.67. The maximum absolute atomic E-state index is 5.76. The molecule has 2 fully saturated rings. The third-order valence-corrected chi connectivity index (χ3v) is 4.82. The SMILES string of the molecule is CC(c1ccc(N)cc1)N1CCC(N2CCCC2)C1. The first-order valence-electron chi connectivity index (χ1n) is 7.57. The number of rotatable bonds is 3. The van der Waals surface area contributed by atoms with Crippen LogP contribution in [0, 0.1) is 0 Å². The molecule has 2 aliphatic heterocycles. The molecule has 0 amide bonds. The van der Waals surface area contributed by atoms with E-state index < -0.39 is 0 Å². The van der Waals surface area contributed by atoms with Crippen LogP contribution in [0.15, 0.2) is 24.3 Å². The summed E-state index contributed by atoms with van der Waals surface area (Å²) in [7, 11) is 0. The third kappa shape index (κ3) is 2.77. The van der Waals surface area contributed by atoms with E-state index in [1.807, 2.05) is 12.1 Å². The molecule has 3 rings (SSSR count). The van der Waals surface area contributed by atoms with Gasteiger partial charge in [0.05, 0.1) is 0 Å². The Hall–Kier alpha value is -1.06. The maximum Gasteiger partial charge on any atom is 0.0320 e. The van der Waals surface area contributed by atoms with E-state index in [0.29, 0.717) is 6.04 Å². The molecule has 2 heterocycles. The van der Waals surface area contributed by atoms with Gasteiger partial charge in [-0.15, -0.1) is 0 Å². The number of likely N-dealkylation sites (tertiary alicyclic amines) is 2. The molecule has 0 saturated carbocycles. The van der Waals surface area contributed by atoms with E-state index in [2.05, 4.69) is 28.9 Å². The number of nitrogens with two attached hydrogens (primary N) is 1. The molecule has 3 nitrogen and oxygen atoms in total. The third-order valence-electron chi connectivity index (χ3n) is 4.82. The summed E-state index contributed by atoms with van der Waals surface area (Å²) >= 11 is 0. The molecule has 0 radical (unpaired) electrons. The number of anilines is 1. The second-order valence-corrected chi connectivity index (χ2v) is 6.02. The summed E-state index contributed by atoms with van der Waals surface area (Å²) in [5, 5.41) is 0. The number of hydrogen-bond donors (Lipinski definition) is 1. The van der Waals surface area contributed by atoms with Crippen molar-refractivity contribution in [3.63, 3.8) is 0 Å². The highest BCUT2D eigenvalue weighted by atomic mass is 15.3. The molecule has 2 atom stereocenters. The van der Waals surface area contributed by atoms with Crippen molar-refractivity contribution in [3.05, 3.63) is 29.8 Å². The molecule has 0 bridgehead atoms. The normalized spacial score (nSPS) is 26.9. The average Bonchev–Trinajstić information content (AvgIpc) is 3.10. The minimum atomic E-state index is 0.508. The van der Waals surface area contributed by atoms with Crippen molar-refractivity contribution in [1.82, 2.24) is 9.80 Å². The van der Waals surface area contributed by atoms with Gasteiger partial charge in [0, 0.05) is 30.9 Å². The molecule has 2 unspecified atom stereocenters. The van der Waals surface area contributed by atoms with E-state index in [4.69, 9.17) is 5.73 Å². The highest BCUT2D eigenvalue weighted by molar-refractivity contribution is 5.40. The standard InChI is InChI=1S/C16H25N3/c1-13(14-4-6-15(17)7-5-14)19-11-8-16(12-19)18-9-2-3-10-18/h4-7,13,16H,2-3,8-12,17H2,1H3. The Morgan fingerprint density at radius 1 is 1.11 bits per heavy atom. The van der Waals surface area contributed by atoms with E-state index in [1.165, 1.54) is 51.0 Å². The van der Waals surface area contributed by atoms with E-state index >= 15 is 0 Å². The van der Waals surface area contributed by atoms with Crippen LogP contribution in [0.3, 0.4) is 0 Å². The molecule has 2 aliphatic rings. The van der Waals surface area contributed by atoms with E-state index in [-0.39, 0.29) is 0 Å². The molecular formula is C16H25N3. The van der Waals surface area contributed by atoms with Gasteiger partial charge in [-0.3, -0.25) is 9.80 Å². The fourth-order valence-electron chi connectivity index (χ4n) is 3.51. The van der Waals surface area contributed by atoms with Gasteiger partial charge in [-0.05, 0) is 57.0 Å². The fourth-order valence-corrected chi connectivity index (χ4v) is 3.51. The first-order chi connectivity index (χ1) is 9.24. The number of hydrogen-bond acceptors (Lipinski definition) is 3. The van der Waals surface area contributed by atoms with Crippen molar-refractivity contribution >= 4 is 5.69 Å². The molecule has 1 aromatic rings. The molecule has 0 aliphatic carbocycles. The quantitative estimate of drug-likeness (QED) is 0.847. The molecule has 0 spiro atoms. The first kappa shape index (κ1) is 12.9. The van der Waals surface area contributed by atoms with Crippen molar-refractivity contribution in [2.75, 3.05) is 31.9 Å². The van der Waals surface area contributed by atoms with Crippen molar-refractivity contribution in [2.45, 2.75) is 38.3 Å². The van der Waals surface area contributed by atoms with Crippen LogP contribution < -0.4 is 5.73 Å². The van der Waals surface area contributed by atoms with Crippen LogP contribution in [0.5, 0.6) is 0 Å². The van der Waals surface area contributed by atoms with Gasteiger partial charge in [0.1, 0.15) is 0 Å². The molecule has 3 heteroatoms. The Morgan fingerprint density at radius 3 is 2.47 bits per heavy atom. The highest BCUT2D eigenvalue weighted by Crippen LogP contribution is 2.28. The summed E-state index contributed by atoms with van der Waals surface area (Å²) in [5.41, 5.74) is 8.00. The van der Waals surface area contributed by atoms with Crippen molar-refractivity contribution < 1.29 is 0 Å². The lowest BCUT2D eigenvalue weighted by atomic mass is 10.1. The topological polar surface area (TPSA) is 32.5 Å². The molecule has 0 aromatic heterocycles. The maximum atomic E-state index is 5.76. The lowest BCUT2D eigenvalue weighted by molar-refractivity contribution is 0.208. The number of nitrogen functional groups attached to an aromatic ring is 1. The Kier molecular flexibility index (Phi) is 3.76. The lowest BCUT2D eigenvalue weighted by Crippen LogP contribution is -2.35. The number of nitrogens with zero attached hydrogens (tertiary/aromatic N) is 2. The van der Waals surface area contributed by atoms with Gasteiger partial charge in [-0.1, -0.05) is 12.1 Å². The van der Waals surface area contributed by atoms with Gasteiger partial charge in [0.15, 0.2) is 0 Å². The average molecular weight is 259 g/mol. The predicted octanol–water partition coefficient (Wildman–Crippen LogP) is 2.50. The summed E-state index contributed by atoms with van der Waals surface area (Å²) in [5.74, 6) is 0. The zero-order valence-corrected chi connectivity index (χ0v) is 11.9. The van der Waals surface area contributed by atoms with Crippen LogP contribution in [0.1, 0.15) is 37.8 Å². The van der Waals surface area contributed by atoms with Gasteiger partial charge in [0.2, 0.25) is 0 Å². The van der Waals surface area contributed by atoms with Crippen LogP contribution in [-0.4, -0.2) is 42.0 Å². The van der Waals surface area contributed by atoms with Gasteiger partial charge in [-0.25, -0.2) is 0 Å². The Balaban J connectivity index is 1.62. The molecule has 1 aromatic carbocycles. The van der Waals surface area contributed by atoms with Crippen molar-refractivity contribution in [2.24, 2.45) is 0 Å². The Labute approximate surface area is 116 Å². The first-order valence-corrected chi connectivity index (χ1v) is 7.57. The molecular weight excluding hydrogens is 234 g/mol.